The SMILES string of the molecule is C=CCON=C(c1ccc(Oc2cccc(Cl)c2)cc1)C(F)n1cncn1. The molecule has 138 valence electrons. The molecule has 0 N–H and O–H groups in total. The van der Waals surface area contributed by atoms with Gasteiger partial charge in [0, 0.05) is 10.6 Å². The summed E-state index contributed by atoms with van der Waals surface area (Å²) in [4.78, 5) is 8.83. The third kappa shape index (κ3) is 4.92. The molecule has 1 unspecified atom stereocenters. The highest BCUT2D eigenvalue weighted by molar-refractivity contribution is 6.30. The molecule has 3 aromatic rings. The molecule has 2 aromatic carbocycles. The molecule has 0 aliphatic rings. The Balaban J connectivity index is 1.82. The first-order valence-corrected chi connectivity index (χ1v) is 8.38. The Hall–Kier alpha value is -3.19. The Morgan fingerprint density at radius 3 is 2.74 bits per heavy atom. The molecule has 1 aromatic heterocycles. The number of alkyl halides is 1. The largest absolute Gasteiger partial charge is 0.457 e. The quantitative estimate of drug-likeness (QED) is 0.241. The van der Waals surface area contributed by atoms with Crippen molar-refractivity contribution in [1.29, 1.82) is 0 Å². The number of benzene rings is 2. The second-order valence-electron chi connectivity index (χ2n) is 5.36. The number of halogens is 2. The van der Waals surface area contributed by atoms with Gasteiger partial charge in [0.2, 0.25) is 6.30 Å². The minimum Gasteiger partial charge on any atom is -0.457 e. The summed E-state index contributed by atoms with van der Waals surface area (Å²) in [5, 5.41) is 8.27. The van der Waals surface area contributed by atoms with E-state index in [2.05, 4.69) is 21.8 Å². The van der Waals surface area contributed by atoms with Crippen LogP contribution in [0.4, 0.5) is 4.39 Å². The molecule has 0 radical (unpaired) electrons. The van der Waals surface area contributed by atoms with Crippen molar-refractivity contribution in [2.24, 2.45) is 5.16 Å². The van der Waals surface area contributed by atoms with E-state index in [0.717, 1.165) is 4.68 Å². The van der Waals surface area contributed by atoms with Crippen LogP contribution in [0.15, 0.2) is 79.0 Å². The predicted molar refractivity (Wildman–Crippen MR) is 101 cm³/mol. The number of hydrogen-bond acceptors (Lipinski definition) is 5. The van der Waals surface area contributed by atoms with Gasteiger partial charge in [-0.1, -0.05) is 35.5 Å². The second kappa shape index (κ2) is 8.95. The van der Waals surface area contributed by atoms with E-state index in [1.165, 1.54) is 18.7 Å². The van der Waals surface area contributed by atoms with Gasteiger partial charge in [-0.2, -0.15) is 5.10 Å². The zero-order valence-corrected chi connectivity index (χ0v) is 15.0. The van der Waals surface area contributed by atoms with Crippen LogP contribution in [0.25, 0.3) is 0 Å². The molecule has 0 amide bonds. The summed E-state index contributed by atoms with van der Waals surface area (Å²) in [5.41, 5.74) is 0.567. The van der Waals surface area contributed by atoms with Gasteiger partial charge < -0.3 is 9.57 Å². The molecular weight excluding hydrogens is 371 g/mol. The summed E-state index contributed by atoms with van der Waals surface area (Å²) in [6.07, 6.45) is 2.38. The number of rotatable bonds is 8. The lowest BCUT2D eigenvalue weighted by molar-refractivity contribution is 0.168. The van der Waals surface area contributed by atoms with Gasteiger partial charge in [-0.25, -0.2) is 14.1 Å². The Morgan fingerprint density at radius 2 is 2.07 bits per heavy atom. The van der Waals surface area contributed by atoms with Crippen molar-refractivity contribution in [1.82, 2.24) is 14.8 Å². The second-order valence-corrected chi connectivity index (χ2v) is 5.79. The van der Waals surface area contributed by atoms with E-state index in [9.17, 15) is 4.39 Å². The molecule has 0 bridgehead atoms. The summed E-state index contributed by atoms with van der Waals surface area (Å²) in [6.45, 7) is 3.70. The molecule has 0 saturated heterocycles. The first-order chi connectivity index (χ1) is 13.2. The molecular formula is C19H16ClFN4O2. The third-order valence-corrected chi connectivity index (χ3v) is 3.67. The van der Waals surface area contributed by atoms with Crippen LogP contribution in [-0.2, 0) is 4.84 Å². The lowest BCUT2D eigenvalue weighted by Gasteiger charge is -2.12. The molecule has 0 aliphatic carbocycles. The molecule has 0 spiro atoms. The van der Waals surface area contributed by atoms with Crippen LogP contribution in [0, 0.1) is 0 Å². The Kier molecular flexibility index (Phi) is 6.17. The van der Waals surface area contributed by atoms with Gasteiger partial charge in [0.25, 0.3) is 0 Å². The van der Waals surface area contributed by atoms with Gasteiger partial charge in [-0.15, -0.1) is 0 Å². The number of ether oxygens (including phenoxy) is 1. The van der Waals surface area contributed by atoms with Crippen LogP contribution in [0.5, 0.6) is 11.5 Å². The minimum absolute atomic E-state index is 0.0525. The standard InChI is InChI=1S/C19H16ClFN4O2/c1-2-10-26-24-18(19(21)25-13-22-12-23-25)14-6-8-16(9-7-14)27-17-5-3-4-15(20)11-17/h2-9,11-13,19H,1,10H2. The monoisotopic (exact) mass is 386 g/mol. The molecule has 0 fully saturated rings. The molecule has 0 saturated carbocycles. The highest BCUT2D eigenvalue weighted by Gasteiger charge is 2.21. The Morgan fingerprint density at radius 1 is 1.26 bits per heavy atom. The van der Waals surface area contributed by atoms with Crippen LogP contribution >= 0.6 is 11.6 Å². The van der Waals surface area contributed by atoms with Crippen molar-refractivity contribution >= 4 is 17.3 Å². The predicted octanol–water partition coefficient (Wildman–Crippen LogP) is 4.80. The van der Waals surface area contributed by atoms with Crippen molar-refractivity contribution in [3.05, 3.63) is 84.4 Å². The summed E-state index contributed by atoms with van der Waals surface area (Å²) in [6, 6.07) is 13.8. The molecule has 3 rings (SSSR count). The Bertz CT molecular complexity index is 914. The van der Waals surface area contributed by atoms with E-state index in [1.807, 2.05) is 0 Å². The highest BCUT2D eigenvalue weighted by Crippen LogP contribution is 2.25. The van der Waals surface area contributed by atoms with Gasteiger partial charge in [0.15, 0.2) is 0 Å². The van der Waals surface area contributed by atoms with Gasteiger partial charge in [0.05, 0.1) is 0 Å². The van der Waals surface area contributed by atoms with Crippen LogP contribution in [0.3, 0.4) is 0 Å². The average molecular weight is 387 g/mol. The van der Waals surface area contributed by atoms with Gasteiger partial charge in [-0.3, -0.25) is 0 Å². The van der Waals surface area contributed by atoms with Crippen molar-refractivity contribution in [2.45, 2.75) is 6.30 Å². The zero-order chi connectivity index (χ0) is 19.1. The van der Waals surface area contributed by atoms with E-state index in [0.29, 0.717) is 22.1 Å². The molecule has 6 nitrogen and oxygen atoms in total. The van der Waals surface area contributed by atoms with Gasteiger partial charge in [-0.05, 0) is 42.5 Å². The summed E-state index contributed by atoms with van der Waals surface area (Å²) in [5.74, 6) is 1.17. The third-order valence-electron chi connectivity index (χ3n) is 3.43. The fourth-order valence-corrected chi connectivity index (χ4v) is 2.39. The Labute approximate surface area is 160 Å². The maximum atomic E-state index is 14.8. The van der Waals surface area contributed by atoms with E-state index in [4.69, 9.17) is 21.2 Å². The number of hydrogen-bond donors (Lipinski definition) is 0. The van der Waals surface area contributed by atoms with Crippen LogP contribution < -0.4 is 4.74 Å². The van der Waals surface area contributed by atoms with E-state index >= 15 is 0 Å². The number of oxime groups is 1. The lowest BCUT2D eigenvalue weighted by Crippen LogP contribution is -2.17. The molecule has 27 heavy (non-hydrogen) atoms. The summed E-state index contributed by atoms with van der Waals surface area (Å²) in [7, 11) is 0. The first kappa shape index (κ1) is 18.6. The van der Waals surface area contributed by atoms with E-state index in [-0.39, 0.29) is 12.3 Å². The highest BCUT2D eigenvalue weighted by atomic mass is 35.5. The lowest BCUT2D eigenvalue weighted by atomic mass is 10.1. The molecule has 8 heteroatoms. The molecule has 1 atom stereocenters. The van der Waals surface area contributed by atoms with Crippen LogP contribution in [-0.4, -0.2) is 27.1 Å². The smallest absolute Gasteiger partial charge is 0.239 e. The topological polar surface area (TPSA) is 61.5 Å². The first-order valence-electron chi connectivity index (χ1n) is 8.00. The fourth-order valence-electron chi connectivity index (χ4n) is 2.21. The summed E-state index contributed by atoms with van der Waals surface area (Å²) >= 11 is 5.95. The maximum Gasteiger partial charge on any atom is 0.239 e. The normalized spacial score (nSPS) is 12.4. The van der Waals surface area contributed by atoms with Crippen molar-refractivity contribution in [2.75, 3.05) is 6.61 Å². The van der Waals surface area contributed by atoms with Crippen molar-refractivity contribution in [3.8, 4) is 11.5 Å². The van der Waals surface area contributed by atoms with Crippen LogP contribution in [0.1, 0.15) is 11.9 Å². The number of aromatic nitrogens is 3. The minimum atomic E-state index is -1.66. The molecule has 0 aliphatic heterocycles. The van der Waals surface area contributed by atoms with Gasteiger partial charge in [0.1, 0.15) is 36.5 Å². The molecule has 1 heterocycles. The van der Waals surface area contributed by atoms with Crippen molar-refractivity contribution < 1.29 is 14.0 Å². The van der Waals surface area contributed by atoms with E-state index in [1.54, 1.807) is 48.5 Å². The van der Waals surface area contributed by atoms with Crippen molar-refractivity contribution in [3.63, 3.8) is 0 Å². The zero-order valence-electron chi connectivity index (χ0n) is 14.2. The summed E-state index contributed by atoms with van der Waals surface area (Å²) < 4.78 is 21.6. The number of nitrogens with zero attached hydrogens (tertiary/aromatic N) is 4. The fraction of sp³-hybridized carbons (Fsp3) is 0.105. The van der Waals surface area contributed by atoms with Crippen LogP contribution in [0.2, 0.25) is 5.02 Å². The van der Waals surface area contributed by atoms with E-state index < -0.39 is 6.30 Å². The van der Waals surface area contributed by atoms with Gasteiger partial charge >= 0.3 is 0 Å². The average Bonchev–Trinajstić information content (AvgIpc) is 3.21. The maximum absolute atomic E-state index is 14.8.